The number of rotatable bonds is 5. The Labute approximate surface area is 147 Å². The molecule has 0 saturated carbocycles. The Balaban J connectivity index is 1.64. The molecule has 0 amide bonds. The summed E-state index contributed by atoms with van der Waals surface area (Å²) in [6.07, 6.45) is 5.55. The van der Waals surface area contributed by atoms with Crippen molar-refractivity contribution in [1.82, 2.24) is 0 Å². The normalized spacial score (nSPS) is 15.0. The molecule has 1 heterocycles. The minimum absolute atomic E-state index is 0.0254. The van der Waals surface area contributed by atoms with Crippen molar-refractivity contribution in [3.63, 3.8) is 0 Å². The van der Waals surface area contributed by atoms with E-state index < -0.39 is 0 Å². The van der Waals surface area contributed by atoms with E-state index in [1.54, 1.807) is 17.8 Å². The van der Waals surface area contributed by atoms with Crippen LogP contribution in [0.2, 0.25) is 0 Å². The molecule has 124 valence electrons. The Morgan fingerprint density at radius 3 is 2.33 bits per heavy atom. The average Bonchev–Trinajstić information content (AvgIpc) is 2.67. The van der Waals surface area contributed by atoms with Crippen LogP contribution in [-0.4, -0.2) is 38.3 Å². The van der Waals surface area contributed by atoms with E-state index in [1.165, 1.54) is 4.90 Å². The highest BCUT2D eigenvalue weighted by molar-refractivity contribution is 7.98. The standard InChI is InChI=1S/C20H21NO2S/c1-24-19-9-2-16(3-10-19)4-11-20(22)17-5-7-18(8-6-17)21-12-14-23-15-13-21/h2-11H,12-15H2,1H3/b11-4+. The van der Waals surface area contributed by atoms with Crippen LogP contribution in [0.4, 0.5) is 5.69 Å². The fraction of sp³-hybridized carbons (Fsp3) is 0.250. The summed E-state index contributed by atoms with van der Waals surface area (Å²) in [6, 6.07) is 16.0. The zero-order valence-electron chi connectivity index (χ0n) is 13.8. The Morgan fingerprint density at radius 1 is 1.04 bits per heavy atom. The Hall–Kier alpha value is -2.04. The van der Waals surface area contributed by atoms with Gasteiger partial charge in [0.1, 0.15) is 0 Å². The molecular formula is C20H21NO2S. The minimum Gasteiger partial charge on any atom is -0.378 e. The molecule has 0 atom stereocenters. The predicted octanol–water partition coefficient (Wildman–Crippen LogP) is 4.14. The van der Waals surface area contributed by atoms with Crippen molar-refractivity contribution in [2.75, 3.05) is 37.5 Å². The second-order valence-electron chi connectivity index (χ2n) is 5.62. The molecule has 1 saturated heterocycles. The first-order valence-electron chi connectivity index (χ1n) is 8.05. The van der Waals surface area contributed by atoms with Gasteiger partial charge in [0.2, 0.25) is 0 Å². The lowest BCUT2D eigenvalue weighted by Crippen LogP contribution is -2.36. The zero-order chi connectivity index (χ0) is 16.8. The molecule has 0 N–H and O–H groups in total. The summed E-state index contributed by atoms with van der Waals surface area (Å²) in [7, 11) is 0. The van der Waals surface area contributed by atoms with E-state index in [0.717, 1.165) is 37.6 Å². The van der Waals surface area contributed by atoms with Crippen molar-refractivity contribution in [3.05, 3.63) is 65.7 Å². The highest BCUT2D eigenvalue weighted by atomic mass is 32.2. The molecule has 1 aliphatic rings. The van der Waals surface area contributed by atoms with Gasteiger partial charge in [0.25, 0.3) is 0 Å². The smallest absolute Gasteiger partial charge is 0.185 e. The lowest BCUT2D eigenvalue weighted by Gasteiger charge is -2.28. The number of morpholine rings is 1. The van der Waals surface area contributed by atoms with Crippen LogP contribution in [0, 0.1) is 0 Å². The number of carbonyl (C=O) groups is 1. The van der Waals surface area contributed by atoms with E-state index in [1.807, 2.05) is 42.5 Å². The van der Waals surface area contributed by atoms with Crippen molar-refractivity contribution >= 4 is 29.3 Å². The Kier molecular flexibility index (Phi) is 5.72. The van der Waals surface area contributed by atoms with Gasteiger partial charge in [-0.3, -0.25) is 4.79 Å². The average molecular weight is 339 g/mol. The number of benzene rings is 2. The fourth-order valence-corrected chi connectivity index (χ4v) is 3.05. The summed E-state index contributed by atoms with van der Waals surface area (Å²) in [5.41, 5.74) is 2.89. The van der Waals surface area contributed by atoms with Gasteiger partial charge in [0, 0.05) is 29.2 Å². The maximum Gasteiger partial charge on any atom is 0.185 e. The maximum absolute atomic E-state index is 12.3. The van der Waals surface area contributed by atoms with Crippen molar-refractivity contribution in [2.45, 2.75) is 4.90 Å². The van der Waals surface area contributed by atoms with Crippen molar-refractivity contribution in [1.29, 1.82) is 0 Å². The highest BCUT2D eigenvalue weighted by Crippen LogP contribution is 2.18. The summed E-state index contributed by atoms with van der Waals surface area (Å²) < 4.78 is 5.37. The second kappa shape index (κ2) is 8.18. The number of hydrogen-bond donors (Lipinski definition) is 0. The van der Waals surface area contributed by atoms with Crippen molar-refractivity contribution in [2.24, 2.45) is 0 Å². The molecule has 0 aromatic heterocycles. The molecular weight excluding hydrogens is 318 g/mol. The van der Waals surface area contributed by atoms with E-state index in [-0.39, 0.29) is 5.78 Å². The predicted molar refractivity (Wildman–Crippen MR) is 101 cm³/mol. The lowest BCUT2D eigenvalue weighted by molar-refractivity contribution is 0.104. The van der Waals surface area contributed by atoms with Gasteiger partial charge in [-0.25, -0.2) is 0 Å². The van der Waals surface area contributed by atoms with Gasteiger partial charge in [-0.2, -0.15) is 0 Å². The summed E-state index contributed by atoms with van der Waals surface area (Å²) >= 11 is 1.71. The molecule has 0 aliphatic carbocycles. The van der Waals surface area contributed by atoms with Crippen molar-refractivity contribution in [3.8, 4) is 0 Å². The minimum atomic E-state index is 0.0254. The molecule has 2 aromatic rings. The number of nitrogens with zero attached hydrogens (tertiary/aromatic N) is 1. The van der Waals surface area contributed by atoms with Gasteiger partial charge in [-0.05, 0) is 54.3 Å². The Morgan fingerprint density at radius 2 is 1.71 bits per heavy atom. The third-order valence-electron chi connectivity index (χ3n) is 4.07. The molecule has 0 radical (unpaired) electrons. The molecule has 24 heavy (non-hydrogen) atoms. The van der Waals surface area contributed by atoms with Gasteiger partial charge in [0.05, 0.1) is 13.2 Å². The van der Waals surface area contributed by atoms with Crippen LogP contribution >= 0.6 is 11.8 Å². The van der Waals surface area contributed by atoms with Gasteiger partial charge >= 0.3 is 0 Å². The van der Waals surface area contributed by atoms with Crippen LogP contribution in [0.3, 0.4) is 0 Å². The first-order chi connectivity index (χ1) is 11.8. The number of ketones is 1. The van der Waals surface area contributed by atoms with E-state index in [2.05, 4.69) is 23.3 Å². The number of allylic oxidation sites excluding steroid dienone is 1. The van der Waals surface area contributed by atoms with Crippen LogP contribution in [0.5, 0.6) is 0 Å². The van der Waals surface area contributed by atoms with Gasteiger partial charge in [-0.15, -0.1) is 11.8 Å². The summed E-state index contributed by atoms with van der Waals surface area (Å²) in [6.45, 7) is 3.33. The first-order valence-corrected chi connectivity index (χ1v) is 9.28. The Bertz CT molecular complexity index is 701. The molecule has 1 fully saturated rings. The van der Waals surface area contributed by atoms with Crippen LogP contribution in [-0.2, 0) is 4.74 Å². The number of thioether (sulfide) groups is 1. The first kappa shape index (κ1) is 16.8. The number of carbonyl (C=O) groups excluding carboxylic acids is 1. The maximum atomic E-state index is 12.3. The third kappa shape index (κ3) is 4.28. The van der Waals surface area contributed by atoms with E-state index in [9.17, 15) is 4.79 Å². The van der Waals surface area contributed by atoms with Gasteiger partial charge in [-0.1, -0.05) is 18.2 Å². The fourth-order valence-electron chi connectivity index (χ4n) is 2.64. The third-order valence-corrected chi connectivity index (χ3v) is 4.81. The van der Waals surface area contributed by atoms with Crippen LogP contribution in [0.1, 0.15) is 15.9 Å². The molecule has 3 nitrogen and oxygen atoms in total. The molecule has 0 spiro atoms. The molecule has 2 aromatic carbocycles. The van der Waals surface area contributed by atoms with E-state index in [0.29, 0.717) is 5.56 Å². The lowest BCUT2D eigenvalue weighted by atomic mass is 10.1. The summed E-state index contributed by atoms with van der Waals surface area (Å²) in [4.78, 5) is 15.8. The number of hydrogen-bond acceptors (Lipinski definition) is 4. The van der Waals surface area contributed by atoms with Crippen LogP contribution < -0.4 is 4.90 Å². The quantitative estimate of drug-likeness (QED) is 0.465. The molecule has 0 bridgehead atoms. The zero-order valence-corrected chi connectivity index (χ0v) is 14.6. The van der Waals surface area contributed by atoms with Gasteiger partial charge in [0.15, 0.2) is 5.78 Å². The molecule has 3 rings (SSSR count). The topological polar surface area (TPSA) is 29.5 Å². The van der Waals surface area contributed by atoms with Crippen molar-refractivity contribution < 1.29 is 9.53 Å². The molecule has 1 aliphatic heterocycles. The molecule has 4 heteroatoms. The number of ether oxygens (including phenoxy) is 1. The van der Waals surface area contributed by atoms with E-state index in [4.69, 9.17) is 4.74 Å². The molecule has 0 unspecified atom stereocenters. The summed E-state index contributed by atoms with van der Waals surface area (Å²) in [5.74, 6) is 0.0254. The number of anilines is 1. The van der Waals surface area contributed by atoms with Gasteiger partial charge < -0.3 is 9.64 Å². The van der Waals surface area contributed by atoms with E-state index >= 15 is 0 Å². The monoisotopic (exact) mass is 339 g/mol. The second-order valence-corrected chi connectivity index (χ2v) is 6.50. The van der Waals surface area contributed by atoms with Crippen LogP contribution in [0.15, 0.2) is 59.5 Å². The summed E-state index contributed by atoms with van der Waals surface area (Å²) in [5, 5.41) is 0. The highest BCUT2D eigenvalue weighted by Gasteiger charge is 2.11. The van der Waals surface area contributed by atoms with Crippen LogP contribution in [0.25, 0.3) is 6.08 Å². The SMILES string of the molecule is CSc1ccc(/C=C/C(=O)c2ccc(N3CCOCC3)cc2)cc1. The largest absolute Gasteiger partial charge is 0.378 e.